The Bertz CT molecular complexity index is 1520. The third-order valence-electron chi connectivity index (χ3n) is 10.3. The lowest BCUT2D eigenvalue weighted by molar-refractivity contribution is -0.154. The molecule has 11 heteroatoms. The first kappa shape index (κ1) is 37.7. The van der Waals surface area contributed by atoms with Crippen molar-refractivity contribution in [1.29, 1.82) is 0 Å². The van der Waals surface area contributed by atoms with Gasteiger partial charge >= 0.3 is 5.97 Å². The zero-order valence-corrected chi connectivity index (χ0v) is 31.8. The molecule has 5 bridgehead atoms. The highest BCUT2D eigenvalue weighted by Gasteiger charge is 2.46. The number of ether oxygens (including phenoxy) is 1. The first-order valence-electron chi connectivity index (χ1n) is 17.4. The van der Waals surface area contributed by atoms with E-state index < -0.39 is 38.0 Å². The maximum Gasteiger partial charge on any atom is 0.325 e. The summed E-state index contributed by atoms with van der Waals surface area (Å²) in [5, 5.41) is 9.07. The molecule has 1 aromatic heterocycles. The molecule has 0 spiro atoms. The van der Waals surface area contributed by atoms with Crippen LogP contribution in [0.4, 0.5) is 0 Å². The van der Waals surface area contributed by atoms with E-state index >= 15 is 0 Å². The summed E-state index contributed by atoms with van der Waals surface area (Å²) in [6.07, 6.45) is 4.27. The molecule has 0 aliphatic carbocycles. The standard InChI is InChI=1S/C37H57N5O5Si/c1-23(2)32-33(43)38-24(3)22-42-20-12-13-30(41-42)34(44)46-25(4)29-17-16-28-15-14-27(21-31(28)39-29)18-19-37(9,35(45)40-32)26(5)47-48(10,11)36(6,7)8/h14-19,21,23-26,30,32,41H,12-13,20,22H2,1-11H3,(H,38,43)(H,40,45). The van der Waals surface area contributed by atoms with Gasteiger partial charge < -0.3 is 19.8 Å². The normalized spacial score (nSPS) is 28.9. The fourth-order valence-electron chi connectivity index (χ4n) is 5.89. The van der Waals surface area contributed by atoms with Gasteiger partial charge in [0.05, 0.1) is 22.7 Å². The number of cyclic esters (lactones) is 1. The fraction of sp³-hybridized carbons (Fsp3) is 0.622. The molecule has 3 heterocycles. The van der Waals surface area contributed by atoms with Gasteiger partial charge in [-0.3, -0.25) is 14.4 Å². The van der Waals surface area contributed by atoms with Crippen LogP contribution in [-0.4, -0.2) is 73.4 Å². The molecule has 7 atom stereocenters. The second kappa shape index (κ2) is 14.8. The maximum atomic E-state index is 14.4. The van der Waals surface area contributed by atoms with E-state index in [1.165, 1.54) is 0 Å². The van der Waals surface area contributed by atoms with Crippen molar-refractivity contribution >= 4 is 43.1 Å². The van der Waals surface area contributed by atoms with Crippen molar-refractivity contribution in [1.82, 2.24) is 26.1 Å². The molecule has 264 valence electrons. The first-order chi connectivity index (χ1) is 22.3. The van der Waals surface area contributed by atoms with E-state index in [9.17, 15) is 14.4 Å². The Kier molecular flexibility index (Phi) is 11.6. The average molecular weight is 680 g/mol. The zero-order valence-electron chi connectivity index (χ0n) is 30.8. The molecule has 7 unspecified atom stereocenters. The van der Waals surface area contributed by atoms with Gasteiger partial charge in [0.25, 0.3) is 0 Å². The van der Waals surface area contributed by atoms with Gasteiger partial charge in [-0.25, -0.2) is 15.4 Å². The predicted molar refractivity (Wildman–Crippen MR) is 193 cm³/mol. The number of amides is 2. The van der Waals surface area contributed by atoms with E-state index in [2.05, 4.69) is 49.9 Å². The second-order valence-corrected chi connectivity index (χ2v) is 20.5. The van der Waals surface area contributed by atoms with Crippen LogP contribution in [0.25, 0.3) is 17.0 Å². The number of esters is 1. The van der Waals surface area contributed by atoms with E-state index in [0.717, 1.165) is 29.4 Å². The van der Waals surface area contributed by atoms with E-state index in [1.807, 2.05) is 89.0 Å². The summed E-state index contributed by atoms with van der Waals surface area (Å²) in [7, 11) is -2.27. The molecule has 48 heavy (non-hydrogen) atoms. The molecule has 0 saturated carbocycles. The molecule has 0 radical (unpaired) electrons. The third-order valence-corrected chi connectivity index (χ3v) is 14.9. The van der Waals surface area contributed by atoms with Gasteiger partial charge in [-0.2, -0.15) is 0 Å². The lowest BCUT2D eigenvalue weighted by Gasteiger charge is -2.43. The summed E-state index contributed by atoms with van der Waals surface area (Å²) in [5.74, 6) is -1.02. The summed E-state index contributed by atoms with van der Waals surface area (Å²) >= 11 is 0. The number of hydrogen-bond acceptors (Lipinski definition) is 8. The number of fused-ring (bicyclic) bond motifs is 4. The van der Waals surface area contributed by atoms with Crippen LogP contribution < -0.4 is 16.1 Å². The Balaban J connectivity index is 1.78. The van der Waals surface area contributed by atoms with Gasteiger partial charge in [0.2, 0.25) is 11.8 Å². The third kappa shape index (κ3) is 8.72. The van der Waals surface area contributed by atoms with Crippen molar-refractivity contribution in [3.8, 4) is 0 Å². The highest BCUT2D eigenvalue weighted by molar-refractivity contribution is 6.74. The van der Waals surface area contributed by atoms with Crippen LogP contribution in [0.3, 0.4) is 0 Å². The van der Waals surface area contributed by atoms with Gasteiger partial charge in [-0.15, -0.1) is 0 Å². The van der Waals surface area contributed by atoms with Crippen molar-refractivity contribution in [3.05, 3.63) is 47.7 Å². The van der Waals surface area contributed by atoms with Crippen LogP contribution in [0.15, 0.2) is 36.4 Å². The molecule has 1 fully saturated rings. The number of aromatic nitrogens is 1. The van der Waals surface area contributed by atoms with Crippen molar-refractivity contribution in [2.45, 2.75) is 124 Å². The molecule has 3 N–H and O–H groups in total. The Morgan fingerprint density at radius 3 is 2.42 bits per heavy atom. The number of pyridine rings is 1. The number of nitrogens with zero attached hydrogens (tertiary/aromatic N) is 2. The second-order valence-electron chi connectivity index (χ2n) is 15.8. The van der Waals surface area contributed by atoms with Gasteiger partial charge in [0.15, 0.2) is 8.32 Å². The van der Waals surface area contributed by atoms with Crippen LogP contribution in [-0.2, 0) is 23.5 Å². The van der Waals surface area contributed by atoms with Gasteiger partial charge in [-0.05, 0) is 82.3 Å². The van der Waals surface area contributed by atoms with Crippen molar-refractivity contribution < 1.29 is 23.5 Å². The fourth-order valence-corrected chi connectivity index (χ4v) is 7.38. The molecule has 4 rings (SSSR count). The number of hydrogen-bond donors (Lipinski definition) is 3. The Hall–Kier alpha value is -3.12. The van der Waals surface area contributed by atoms with Crippen molar-refractivity contribution in [2.24, 2.45) is 11.3 Å². The highest BCUT2D eigenvalue weighted by Crippen LogP contribution is 2.40. The number of nitrogens with one attached hydrogen (secondary N) is 3. The molecule has 1 saturated heterocycles. The summed E-state index contributed by atoms with van der Waals surface area (Å²) in [6.45, 7) is 23.6. The molecule has 2 aliphatic heterocycles. The summed E-state index contributed by atoms with van der Waals surface area (Å²) in [6, 6.07) is 8.32. The van der Waals surface area contributed by atoms with E-state index in [1.54, 1.807) is 0 Å². The highest BCUT2D eigenvalue weighted by atomic mass is 28.4. The van der Waals surface area contributed by atoms with Crippen LogP contribution in [0.2, 0.25) is 18.1 Å². The number of carbonyl (C=O) groups excluding carboxylic acids is 3. The SMILES string of the molecule is CC1CN2CCCC(N2)C(=O)OC(C)c2ccc3ccc(cc3n2)C=CC(C)(C(C)O[Si](C)(C)C(C)(C)C)C(=O)NC(C(C)C)C(=O)N1. The lowest BCUT2D eigenvalue weighted by Crippen LogP contribution is -2.59. The van der Waals surface area contributed by atoms with Crippen LogP contribution in [0.5, 0.6) is 0 Å². The average Bonchev–Trinajstić information content (AvgIpc) is 3.00. The number of rotatable bonds is 4. The number of hydrazine groups is 1. The topological polar surface area (TPSA) is 122 Å². The quantitative estimate of drug-likeness (QED) is 0.270. The zero-order chi connectivity index (χ0) is 35.6. The lowest BCUT2D eigenvalue weighted by atomic mass is 9.82. The number of carbonyl (C=O) groups is 3. The molecule has 1 aromatic carbocycles. The van der Waals surface area contributed by atoms with Crippen molar-refractivity contribution in [3.63, 3.8) is 0 Å². The molecular weight excluding hydrogens is 623 g/mol. The Labute approximate surface area is 287 Å². The van der Waals surface area contributed by atoms with Crippen LogP contribution >= 0.6 is 0 Å². The van der Waals surface area contributed by atoms with E-state index in [0.29, 0.717) is 18.7 Å². The monoisotopic (exact) mass is 679 g/mol. The van der Waals surface area contributed by atoms with Gasteiger partial charge in [0, 0.05) is 24.5 Å². The summed E-state index contributed by atoms with van der Waals surface area (Å²) in [5.41, 5.74) is 4.48. The minimum atomic E-state index is -2.27. The Morgan fingerprint density at radius 1 is 1.06 bits per heavy atom. The molecule has 10 nitrogen and oxygen atoms in total. The predicted octanol–water partition coefficient (Wildman–Crippen LogP) is 5.90. The summed E-state index contributed by atoms with van der Waals surface area (Å²) < 4.78 is 12.7. The number of benzene rings is 1. The van der Waals surface area contributed by atoms with E-state index in [-0.39, 0.29) is 34.8 Å². The Morgan fingerprint density at radius 2 is 1.75 bits per heavy atom. The smallest absolute Gasteiger partial charge is 0.325 e. The maximum absolute atomic E-state index is 14.4. The van der Waals surface area contributed by atoms with E-state index in [4.69, 9.17) is 14.1 Å². The molecule has 2 aliphatic rings. The van der Waals surface area contributed by atoms with Gasteiger partial charge in [0.1, 0.15) is 18.2 Å². The molecular formula is C37H57N5O5Si. The van der Waals surface area contributed by atoms with Crippen molar-refractivity contribution in [2.75, 3.05) is 13.1 Å². The van der Waals surface area contributed by atoms with Crippen LogP contribution in [0.1, 0.15) is 92.5 Å². The van der Waals surface area contributed by atoms with Gasteiger partial charge in [-0.1, -0.05) is 65.0 Å². The molecule has 2 aromatic rings. The summed E-state index contributed by atoms with van der Waals surface area (Å²) in [4.78, 5) is 46.2. The first-order valence-corrected chi connectivity index (χ1v) is 20.3. The van der Waals surface area contributed by atoms with Crippen LogP contribution in [0, 0.1) is 11.3 Å². The minimum absolute atomic E-state index is 0.0588. The minimum Gasteiger partial charge on any atom is -0.455 e. The largest absolute Gasteiger partial charge is 0.455 e. The molecule has 2 amide bonds.